The van der Waals surface area contributed by atoms with Crippen LogP contribution in [0.15, 0.2) is 41.9 Å². The lowest BCUT2D eigenvalue weighted by Gasteiger charge is -2.25. The van der Waals surface area contributed by atoms with Gasteiger partial charge in [-0.25, -0.2) is 8.78 Å². The molecule has 188 valence electrons. The molecule has 3 rings (SSSR count). The number of benzene rings is 1. The van der Waals surface area contributed by atoms with Crippen LogP contribution in [0.4, 0.5) is 14.5 Å². The molecule has 1 aliphatic rings. The molecule has 2 aromatic rings. The Morgan fingerprint density at radius 3 is 2.77 bits per heavy atom. The fourth-order valence-corrected chi connectivity index (χ4v) is 3.64. The summed E-state index contributed by atoms with van der Waals surface area (Å²) in [5.41, 5.74) is 1.08. The summed E-state index contributed by atoms with van der Waals surface area (Å²) in [5, 5.41) is 8.75. The lowest BCUT2D eigenvalue weighted by molar-refractivity contribution is -0.117. The van der Waals surface area contributed by atoms with Crippen LogP contribution in [0.2, 0.25) is 0 Å². The van der Waals surface area contributed by atoms with Gasteiger partial charge in [-0.05, 0) is 19.9 Å². The summed E-state index contributed by atoms with van der Waals surface area (Å²) in [4.78, 5) is 16.8. The number of nitrogens with one attached hydrogen (secondary N) is 3. The minimum absolute atomic E-state index is 0.000968. The third-order valence-corrected chi connectivity index (χ3v) is 5.67. The molecular weight excluding hydrogens is 478 g/mol. The monoisotopic (exact) mass is 506 g/mol. The van der Waals surface area contributed by atoms with Crippen LogP contribution in [0, 0.1) is 11.6 Å². The van der Waals surface area contributed by atoms with E-state index in [1.165, 1.54) is 7.11 Å². The second kappa shape index (κ2) is 11.4. The van der Waals surface area contributed by atoms with Crippen LogP contribution in [0.25, 0.3) is 0 Å². The summed E-state index contributed by atoms with van der Waals surface area (Å²) in [5.74, 6) is -1.73. The number of pyridine rings is 1. The number of ether oxygens (including phenoxy) is 3. The zero-order chi connectivity index (χ0) is 25.6. The Kier molecular flexibility index (Phi) is 8.57. The molecule has 1 aromatic carbocycles. The first-order chi connectivity index (χ1) is 16.6. The first-order valence-corrected chi connectivity index (χ1v) is 11.3. The number of nitrogens with zero attached hydrogens (tertiary/aromatic N) is 1. The Hall–Kier alpha value is -3.31. The van der Waals surface area contributed by atoms with Crippen LogP contribution < -0.4 is 25.4 Å². The summed E-state index contributed by atoms with van der Waals surface area (Å²) in [7, 11) is 2.87. The Bertz CT molecular complexity index is 1140. The quantitative estimate of drug-likeness (QED) is 0.422. The van der Waals surface area contributed by atoms with Crippen molar-refractivity contribution in [2.75, 3.05) is 32.7 Å². The number of carbonyl (C=O) groups excluding carboxylic acids is 1. The van der Waals surface area contributed by atoms with Crippen LogP contribution in [0.1, 0.15) is 25.8 Å². The summed E-state index contributed by atoms with van der Waals surface area (Å²) in [6, 6.07) is 3.56. The Balaban J connectivity index is 1.82. The number of hydrogen-bond acceptors (Lipinski definition) is 7. The van der Waals surface area contributed by atoms with E-state index < -0.39 is 23.1 Å². The third-order valence-electron chi connectivity index (χ3n) is 5.37. The van der Waals surface area contributed by atoms with Gasteiger partial charge in [0.05, 0.1) is 30.2 Å². The number of hydrogen-bond donors (Lipinski definition) is 3. The number of anilines is 1. The van der Waals surface area contributed by atoms with Gasteiger partial charge >= 0.3 is 0 Å². The topological polar surface area (TPSA) is 93.7 Å². The molecule has 11 heteroatoms. The van der Waals surface area contributed by atoms with E-state index in [1.54, 1.807) is 19.5 Å². The molecule has 0 atom stereocenters. The number of aromatic nitrogens is 1. The van der Waals surface area contributed by atoms with E-state index in [1.807, 2.05) is 19.9 Å². The molecule has 1 amide bonds. The van der Waals surface area contributed by atoms with Crippen molar-refractivity contribution in [3.05, 3.63) is 59.1 Å². The molecule has 0 unspecified atom stereocenters. The first kappa shape index (κ1) is 26.3. The fraction of sp³-hybridized carbons (Fsp3) is 0.375. The summed E-state index contributed by atoms with van der Waals surface area (Å²) in [6.45, 7) is 4.88. The number of halogens is 2. The van der Waals surface area contributed by atoms with Gasteiger partial charge in [-0.3, -0.25) is 9.78 Å². The lowest BCUT2D eigenvalue weighted by Crippen LogP contribution is -2.39. The standard InChI is InChI=1S/C24H28F2N4O4S/c1-24(2,33-4)13-34-19-12-27-7-5-14(19)11-29-17-6-8-28-22(31)20(17)23(35)30-18-10-15(25)9-16(26)21(18)32-3/h5,7,9-10,12,29H,6,8,11,13H2,1-4H3,(H,28,31)(H,30,35). The Morgan fingerprint density at radius 1 is 1.29 bits per heavy atom. The molecule has 2 heterocycles. The van der Waals surface area contributed by atoms with Crippen molar-refractivity contribution in [2.24, 2.45) is 0 Å². The van der Waals surface area contributed by atoms with Gasteiger partial charge in [0.25, 0.3) is 5.91 Å². The number of thiocarbonyl (C=S) groups is 1. The van der Waals surface area contributed by atoms with E-state index >= 15 is 0 Å². The van der Waals surface area contributed by atoms with E-state index in [4.69, 9.17) is 26.4 Å². The molecular formula is C24H28F2N4O4S. The van der Waals surface area contributed by atoms with Crippen molar-refractivity contribution in [1.82, 2.24) is 15.6 Å². The molecule has 35 heavy (non-hydrogen) atoms. The van der Waals surface area contributed by atoms with E-state index in [9.17, 15) is 13.6 Å². The van der Waals surface area contributed by atoms with Crippen LogP contribution >= 0.6 is 12.2 Å². The first-order valence-electron chi connectivity index (χ1n) is 10.9. The molecule has 0 saturated carbocycles. The van der Waals surface area contributed by atoms with Gasteiger partial charge < -0.3 is 30.2 Å². The second-order valence-corrected chi connectivity index (χ2v) is 8.78. The zero-order valence-corrected chi connectivity index (χ0v) is 20.8. The van der Waals surface area contributed by atoms with Crippen molar-refractivity contribution in [3.63, 3.8) is 0 Å². The highest BCUT2D eigenvalue weighted by molar-refractivity contribution is 7.81. The molecule has 0 bridgehead atoms. The van der Waals surface area contributed by atoms with Crippen molar-refractivity contribution >= 4 is 28.8 Å². The number of rotatable bonds is 10. The zero-order valence-electron chi connectivity index (χ0n) is 20.0. The highest BCUT2D eigenvalue weighted by Gasteiger charge is 2.26. The van der Waals surface area contributed by atoms with E-state index in [0.717, 1.165) is 11.6 Å². The maximum Gasteiger partial charge on any atom is 0.256 e. The van der Waals surface area contributed by atoms with E-state index in [-0.39, 0.29) is 22.0 Å². The highest BCUT2D eigenvalue weighted by Crippen LogP contribution is 2.30. The summed E-state index contributed by atoms with van der Waals surface area (Å²) < 4.78 is 44.2. The molecule has 8 nitrogen and oxygen atoms in total. The number of methoxy groups -OCH3 is 2. The molecule has 0 spiro atoms. The average molecular weight is 507 g/mol. The molecule has 3 N–H and O–H groups in total. The van der Waals surface area contributed by atoms with Crippen molar-refractivity contribution < 1.29 is 27.8 Å². The van der Waals surface area contributed by atoms with Gasteiger partial charge in [0.1, 0.15) is 23.2 Å². The maximum absolute atomic E-state index is 14.1. The van der Waals surface area contributed by atoms with Crippen molar-refractivity contribution in [1.29, 1.82) is 0 Å². The highest BCUT2D eigenvalue weighted by atomic mass is 32.1. The maximum atomic E-state index is 14.1. The minimum atomic E-state index is -0.889. The smallest absolute Gasteiger partial charge is 0.256 e. The van der Waals surface area contributed by atoms with Crippen LogP contribution in [0.5, 0.6) is 11.5 Å². The predicted molar refractivity (Wildman–Crippen MR) is 131 cm³/mol. The Labute approximate surface area is 208 Å². The predicted octanol–water partition coefficient (Wildman–Crippen LogP) is 3.48. The van der Waals surface area contributed by atoms with Crippen LogP contribution in [0.3, 0.4) is 0 Å². The fourth-order valence-electron chi connectivity index (χ4n) is 3.31. The molecule has 0 saturated heterocycles. The molecule has 0 aliphatic carbocycles. The van der Waals surface area contributed by atoms with Gasteiger partial charge in [-0.1, -0.05) is 12.2 Å². The van der Waals surface area contributed by atoms with E-state index in [0.29, 0.717) is 43.6 Å². The summed E-state index contributed by atoms with van der Waals surface area (Å²) >= 11 is 5.44. The van der Waals surface area contributed by atoms with Crippen LogP contribution in [-0.2, 0) is 16.1 Å². The van der Waals surface area contributed by atoms with E-state index in [2.05, 4.69) is 20.9 Å². The molecule has 0 fully saturated rings. The molecule has 1 aromatic heterocycles. The largest absolute Gasteiger partial charge is 0.492 e. The average Bonchev–Trinajstić information content (AvgIpc) is 2.81. The number of carbonyl (C=O) groups is 1. The Morgan fingerprint density at radius 2 is 2.06 bits per heavy atom. The van der Waals surface area contributed by atoms with Gasteiger partial charge in [-0.2, -0.15) is 0 Å². The SMILES string of the molecule is COc1c(F)cc(F)cc1NC(=S)C1=C(NCc2ccncc2OCC(C)(C)OC)CCNC1=O. The molecule has 1 aliphatic heterocycles. The van der Waals surface area contributed by atoms with Gasteiger partial charge in [0, 0.05) is 56.2 Å². The lowest BCUT2D eigenvalue weighted by atomic mass is 10.1. The van der Waals surface area contributed by atoms with Crippen molar-refractivity contribution in [3.8, 4) is 11.5 Å². The normalized spacial score (nSPS) is 13.8. The minimum Gasteiger partial charge on any atom is -0.492 e. The third kappa shape index (κ3) is 6.64. The molecule has 0 radical (unpaired) electrons. The van der Waals surface area contributed by atoms with Crippen molar-refractivity contribution in [2.45, 2.75) is 32.4 Å². The van der Waals surface area contributed by atoms with Gasteiger partial charge in [0.2, 0.25) is 0 Å². The summed E-state index contributed by atoms with van der Waals surface area (Å²) in [6.07, 6.45) is 3.74. The van der Waals surface area contributed by atoms with Crippen LogP contribution in [-0.4, -0.2) is 48.9 Å². The number of amides is 1. The van der Waals surface area contributed by atoms with Gasteiger partial charge in [-0.15, -0.1) is 0 Å². The van der Waals surface area contributed by atoms with Gasteiger partial charge in [0.15, 0.2) is 11.6 Å². The second-order valence-electron chi connectivity index (χ2n) is 8.37.